The number of nitrogens with zero attached hydrogens (tertiary/aromatic N) is 3. The molecule has 2 aliphatic rings. The van der Waals surface area contributed by atoms with Gasteiger partial charge in [-0.25, -0.2) is 14.4 Å². The molecule has 9 heteroatoms. The highest BCUT2D eigenvalue weighted by atomic mass is 19.4. The van der Waals surface area contributed by atoms with E-state index in [0.717, 1.165) is 25.1 Å². The number of hydrogen-bond acceptors (Lipinski definition) is 4. The first-order chi connectivity index (χ1) is 16.7. The van der Waals surface area contributed by atoms with Crippen LogP contribution in [0.15, 0.2) is 54.7 Å². The number of aromatic nitrogens is 2. The molecule has 2 fully saturated rings. The Bertz CT molecular complexity index is 1230. The molecular weight excluding hydrogens is 460 g/mol. The summed E-state index contributed by atoms with van der Waals surface area (Å²) in [5.41, 5.74) is 1.54. The van der Waals surface area contributed by atoms with E-state index >= 15 is 0 Å². The molecule has 0 unspecified atom stereocenters. The molecule has 0 bridgehead atoms. The Labute approximate surface area is 200 Å². The number of halogens is 4. The molecule has 0 radical (unpaired) electrons. The van der Waals surface area contributed by atoms with E-state index < -0.39 is 11.7 Å². The molecule has 1 saturated carbocycles. The fourth-order valence-electron chi connectivity index (χ4n) is 4.75. The van der Waals surface area contributed by atoms with E-state index in [0.29, 0.717) is 53.3 Å². The summed E-state index contributed by atoms with van der Waals surface area (Å²) in [6, 6.07) is 11.7. The minimum atomic E-state index is -4.44. The summed E-state index contributed by atoms with van der Waals surface area (Å²) < 4.78 is 51.9. The van der Waals surface area contributed by atoms with E-state index in [2.05, 4.69) is 15.3 Å². The van der Waals surface area contributed by atoms with Gasteiger partial charge in [-0.1, -0.05) is 18.2 Å². The summed E-state index contributed by atoms with van der Waals surface area (Å²) in [6.45, 7) is 2.79. The molecule has 182 valence electrons. The van der Waals surface area contributed by atoms with Crippen molar-refractivity contribution in [2.45, 2.75) is 32.0 Å². The summed E-state index contributed by atoms with van der Waals surface area (Å²) in [6.07, 6.45) is -1.77. The number of benzene rings is 1. The number of anilines is 1. The number of pyridine rings is 2. The van der Waals surface area contributed by atoms with Gasteiger partial charge in [-0.2, -0.15) is 13.2 Å². The lowest BCUT2D eigenvalue weighted by molar-refractivity contribution is -0.137. The van der Waals surface area contributed by atoms with Crippen LogP contribution in [-0.4, -0.2) is 39.9 Å². The number of carbonyl (C=O) groups excluding carboxylic acids is 1. The minimum absolute atomic E-state index is 0.154. The number of alkyl halides is 3. The van der Waals surface area contributed by atoms with Gasteiger partial charge >= 0.3 is 6.18 Å². The summed E-state index contributed by atoms with van der Waals surface area (Å²) in [4.78, 5) is 24.0. The van der Waals surface area contributed by atoms with Crippen molar-refractivity contribution in [2.75, 3.05) is 18.4 Å². The van der Waals surface area contributed by atoms with Gasteiger partial charge in [0, 0.05) is 36.6 Å². The summed E-state index contributed by atoms with van der Waals surface area (Å²) in [7, 11) is 0. The van der Waals surface area contributed by atoms with Crippen molar-refractivity contribution >= 4 is 11.7 Å². The summed E-state index contributed by atoms with van der Waals surface area (Å²) in [5.74, 6) is 0.766. The van der Waals surface area contributed by atoms with Crippen molar-refractivity contribution < 1.29 is 22.4 Å². The van der Waals surface area contributed by atoms with Crippen molar-refractivity contribution in [3.63, 3.8) is 0 Å². The Hall–Kier alpha value is -3.49. The maximum atomic E-state index is 13.8. The Morgan fingerprint density at radius 1 is 1.06 bits per heavy atom. The zero-order valence-electron chi connectivity index (χ0n) is 19.0. The Morgan fingerprint density at radius 2 is 1.83 bits per heavy atom. The van der Waals surface area contributed by atoms with Crippen molar-refractivity contribution in [1.82, 2.24) is 14.9 Å². The normalized spacial score (nSPS) is 21.4. The number of nitrogens with one attached hydrogen (secondary N) is 1. The van der Waals surface area contributed by atoms with Crippen LogP contribution < -0.4 is 5.32 Å². The number of fused-ring (bicyclic) bond motifs is 1. The zero-order valence-corrected chi connectivity index (χ0v) is 19.0. The predicted octanol–water partition coefficient (Wildman–Crippen LogP) is 5.57. The number of likely N-dealkylation sites (tertiary alicyclic amines) is 1. The smallest absolute Gasteiger partial charge is 0.368 e. The van der Waals surface area contributed by atoms with Crippen LogP contribution in [0.25, 0.3) is 11.1 Å². The van der Waals surface area contributed by atoms with E-state index in [4.69, 9.17) is 0 Å². The first-order valence-corrected chi connectivity index (χ1v) is 11.5. The van der Waals surface area contributed by atoms with Gasteiger partial charge in [0.25, 0.3) is 5.91 Å². The minimum Gasteiger partial charge on any atom is -0.368 e. The van der Waals surface area contributed by atoms with Crippen LogP contribution in [0.4, 0.5) is 23.4 Å². The second-order valence-electron chi connectivity index (χ2n) is 9.27. The molecule has 2 aromatic heterocycles. The molecule has 1 amide bonds. The fourth-order valence-corrected chi connectivity index (χ4v) is 4.75. The second kappa shape index (κ2) is 8.94. The number of piperidine rings is 1. The van der Waals surface area contributed by atoms with E-state index in [-0.39, 0.29) is 17.8 Å². The maximum absolute atomic E-state index is 13.8. The van der Waals surface area contributed by atoms with Crippen LogP contribution in [0, 0.1) is 24.6 Å². The number of amides is 1. The Balaban J connectivity index is 1.38. The van der Waals surface area contributed by atoms with Gasteiger partial charge in [-0.05, 0) is 67.5 Å². The lowest BCUT2D eigenvalue weighted by atomic mass is 9.98. The van der Waals surface area contributed by atoms with E-state index in [1.165, 1.54) is 18.2 Å². The van der Waals surface area contributed by atoms with Crippen molar-refractivity contribution in [1.29, 1.82) is 0 Å². The first-order valence-electron chi connectivity index (χ1n) is 11.5. The van der Waals surface area contributed by atoms with Crippen molar-refractivity contribution in [3.05, 3.63) is 77.5 Å². The van der Waals surface area contributed by atoms with Gasteiger partial charge in [0.05, 0.1) is 5.56 Å². The van der Waals surface area contributed by atoms with Crippen LogP contribution in [0.2, 0.25) is 0 Å². The molecule has 3 atom stereocenters. The molecule has 35 heavy (non-hydrogen) atoms. The van der Waals surface area contributed by atoms with Gasteiger partial charge in [0.1, 0.15) is 17.3 Å². The Morgan fingerprint density at radius 3 is 2.51 bits per heavy atom. The van der Waals surface area contributed by atoms with E-state index in [1.54, 1.807) is 12.1 Å². The van der Waals surface area contributed by atoms with Crippen molar-refractivity contribution in [2.24, 2.45) is 11.8 Å². The van der Waals surface area contributed by atoms with E-state index in [1.807, 2.05) is 24.0 Å². The highest BCUT2D eigenvalue weighted by Gasteiger charge is 2.47. The molecule has 1 aliphatic heterocycles. The van der Waals surface area contributed by atoms with Gasteiger partial charge in [0.15, 0.2) is 0 Å². The third-order valence-electron chi connectivity index (χ3n) is 6.78. The molecule has 1 N–H and O–H groups in total. The maximum Gasteiger partial charge on any atom is 0.417 e. The lowest BCUT2D eigenvalue weighted by Gasteiger charge is -2.36. The summed E-state index contributed by atoms with van der Waals surface area (Å²) >= 11 is 0. The molecule has 1 aromatic carbocycles. The largest absolute Gasteiger partial charge is 0.417 e. The average molecular weight is 484 g/mol. The second-order valence-corrected chi connectivity index (χ2v) is 9.27. The van der Waals surface area contributed by atoms with Gasteiger partial charge in [-0.3, -0.25) is 4.79 Å². The monoisotopic (exact) mass is 484 g/mol. The highest BCUT2D eigenvalue weighted by molar-refractivity contribution is 5.99. The molecular formula is C26H24F4N4O. The predicted molar refractivity (Wildman–Crippen MR) is 123 cm³/mol. The molecule has 5 rings (SSSR count). The van der Waals surface area contributed by atoms with Crippen LogP contribution >= 0.6 is 0 Å². The number of rotatable bonds is 5. The first kappa shape index (κ1) is 23.3. The zero-order chi connectivity index (χ0) is 24.7. The highest BCUT2D eigenvalue weighted by Crippen LogP contribution is 2.47. The van der Waals surface area contributed by atoms with Crippen LogP contribution in [0.5, 0.6) is 0 Å². The fraction of sp³-hybridized carbons (Fsp3) is 0.346. The van der Waals surface area contributed by atoms with Crippen LogP contribution in [0.1, 0.15) is 34.6 Å². The topological polar surface area (TPSA) is 58.1 Å². The third kappa shape index (κ3) is 4.99. The molecule has 1 aliphatic carbocycles. The van der Waals surface area contributed by atoms with Crippen molar-refractivity contribution in [3.8, 4) is 11.1 Å². The number of carbonyl (C=O) groups is 1. The molecule has 5 nitrogen and oxygen atoms in total. The third-order valence-corrected chi connectivity index (χ3v) is 6.78. The molecule has 0 spiro atoms. The number of aryl methyl sites for hydroxylation is 1. The molecule has 3 aromatic rings. The summed E-state index contributed by atoms with van der Waals surface area (Å²) in [5, 5.41) is 3.10. The lowest BCUT2D eigenvalue weighted by Crippen LogP contribution is -2.48. The van der Waals surface area contributed by atoms with Gasteiger partial charge < -0.3 is 10.2 Å². The standard InChI is InChI=1S/C26H24F4N4O/c1-15-2-8-22(16-3-6-20(27)7-4-16)24(33-15)25(35)34-14-18-10-17(18)11-21(34)13-32-23-9-5-19(12-31-23)26(28,29)30/h2-9,12,17-18,21H,10-11,13-14H2,1H3,(H,31,32)/t17-,18+,21+/m1/s1. The molecule has 3 heterocycles. The average Bonchev–Trinajstić information content (AvgIpc) is 3.60. The SMILES string of the molecule is Cc1ccc(-c2ccc(F)cc2)c(C(=O)N2C[C@@H]3C[C@@H]3C[C@H]2CNc2ccc(C(F)(F)F)cn2)n1. The quantitative estimate of drug-likeness (QED) is 0.481. The Kier molecular flexibility index (Phi) is 5.94. The van der Waals surface area contributed by atoms with Gasteiger partial charge in [-0.15, -0.1) is 0 Å². The van der Waals surface area contributed by atoms with Gasteiger partial charge in [0.2, 0.25) is 0 Å². The van der Waals surface area contributed by atoms with Crippen LogP contribution in [0.3, 0.4) is 0 Å². The number of hydrogen-bond donors (Lipinski definition) is 1. The van der Waals surface area contributed by atoms with E-state index in [9.17, 15) is 22.4 Å². The van der Waals surface area contributed by atoms with Crippen LogP contribution in [-0.2, 0) is 6.18 Å². The molecule has 1 saturated heterocycles.